The van der Waals surface area contributed by atoms with Gasteiger partial charge in [0.05, 0.1) is 5.75 Å². The number of thioether (sulfide) groups is 1. The SMILES string of the molecule is CC(C)NC(=O)CSc1ccc(F)cc1CN. The van der Waals surface area contributed by atoms with Crippen molar-refractivity contribution in [1.29, 1.82) is 0 Å². The predicted molar refractivity (Wildman–Crippen MR) is 68.3 cm³/mol. The van der Waals surface area contributed by atoms with Gasteiger partial charge >= 0.3 is 0 Å². The second-order valence-electron chi connectivity index (χ2n) is 3.97. The third kappa shape index (κ3) is 4.75. The molecular weight excluding hydrogens is 239 g/mol. The maximum absolute atomic E-state index is 13.0. The first kappa shape index (κ1) is 14.0. The summed E-state index contributed by atoms with van der Waals surface area (Å²) in [5.74, 6) is -0.0182. The first-order chi connectivity index (χ1) is 8.02. The van der Waals surface area contributed by atoms with Gasteiger partial charge in [-0.05, 0) is 37.6 Å². The minimum absolute atomic E-state index is 0.0303. The smallest absolute Gasteiger partial charge is 0.230 e. The van der Waals surface area contributed by atoms with Crippen molar-refractivity contribution in [3.05, 3.63) is 29.6 Å². The van der Waals surface area contributed by atoms with Crippen LogP contribution in [0.4, 0.5) is 4.39 Å². The van der Waals surface area contributed by atoms with Gasteiger partial charge in [-0.15, -0.1) is 11.8 Å². The molecule has 0 saturated carbocycles. The van der Waals surface area contributed by atoms with Crippen LogP contribution in [-0.4, -0.2) is 17.7 Å². The monoisotopic (exact) mass is 256 g/mol. The number of nitrogens with one attached hydrogen (secondary N) is 1. The number of carbonyl (C=O) groups is 1. The summed E-state index contributed by atoms with van der Waals surface area (Å²) in [7, 11) is 0. The Bertz CT molecular complexity index is 396. The summed E-state index contributed by atoms with van der Waals surface area (Å²) < 4.78 is 13.0. The normalized spacial score (nSPS) is 10.6. The second-order valence-corrected chi connectivity index (χ2v) is 4.98. The summed E-state index contributed by atoms with van der Waals surface area (Å²) >= 11 is 1.37. The topological polar surface area (TPSA) is 55.1 Å². The van der Waals surface area contributed by atoms with Crippen molar-refractivity contribution in [1.82, 2.24) is 5.32 Å². The molecule has 0 aromatic heterocycles. The Kier molecular flexibility index (Phi) is 5.44. The molecule has 1 aromatic rings. The summed E-state index contributed by atoms with van der Waals surface area (Å²) in [4.78, 5) is 12.3. The fourth-order valence-corrected chi connectivity index (χ4v) is 2.22. The van der Waals surface area contributed by atoms with Crippen LogP contribution < -0.4 is 11.1 Å². The van der Waals surface area contributed by atoms with Gasteiger partial charge in [0.25, 0.3) is 0 Å². The molecule has 0 aliphatic rings. The lowest BCUT2D eigenvalue weighted by molar-refractivity contribution is -0.119. The standard InChI is InChI=1S/C12H17FN2OS/c1-8(2)15-12(16)7-17-11-4-3-10(13)5-9(11)6-14/h3-5,8H,6-7,14H2,1-2H3,(H,15,16). The van der Waals surface area contributed by atoms with E-state index in [-0.39, 0.29) is 24.3 Å². The van der Waals surface area contributed by atoms with Crippen LogP contribution in [-0.2, 0) is 11.3 Å². The minimum Gasteiger partial charge on any atom is -0.353 e. The molecule has 0 fully saturated rings. The Morgan fingerprint density at radius 3 is 2.82 bits per heavy atom. The van der Waals surface area contributed by atoms with E-state index >= 15 is 0 Å². The molecule has 0 atom stereocenters. The Morgan fingerprint density at radius 1 is 1.53 bits per heavy atom. The first-order valence-corrected chi connectivity index (χ1v) is 6.42. The van der Waals surface area contributed by atoms with Crippen LogP contribution in [0.25, 0.3) is 0 Å². The van der Waals surface area contributed by atoms with Crippen LogP contribution in [0.2, 0.25) is 0 Å². The molecule has 0 spiro atoms. The number of hydrogen-bond acceptors (Lipinski definition) is 3. The highest BCUT2D eigenvalue weighted by atomic mass is 32.2. The summed E-state index contributed by atoms with van der Waals surface area (Å²) in [6.07, 6.45) is 0. The molecule has 3 nitrogen and oxygen atoms in total. The van der Waals surface area contributed by atoms with Gasteiger partial charge in [0.2, 0.25) is 5.91 Å². The summed E-state index contributed by atoms with van der Waals surface area (Å²) in [6.45, 7) is 4.09. The lowest BCUT2D eigenvalue weighted by Crippen LogP contribution is -2.31. The van der Waals surface area contributed by atoms with Crippen LogP contribution >= 0.6 is 11.8 Å². The summed E-state index contributed by atoms with van der Waals surface area (Å²) in [6, 6.07) is 4.57. The van der Waals surface area contributed by atoms with Crippen LogP contribution in [0.1, 0.15) is 19.4 Å². The van der Waals surface area contributed by atoms with E-state index in [4.69, 9.17) is 5.73 Å². The Balaban J connectivity index is 2.60. The molecule has 3 N–H and O–H groups in total. The summed E-state index contributed by atoms with van der Waals surface area (Å²) in [5.41, 5.74) is 6.26. The molecule has 0 saturated heterocycles. The fraction of sp³-hybridized carbons (Fsp3) is 0.417. The quantitative estimate of drug-likeness (QED) is 0.791. The second kappa shape index (κ2) is 6.61. The lowest BCUT2D eigenvalue weighted by atomic mass is 10.2. The average Bonchev–Trinajstić information content (AvgIpc) is 2.26. The number of benzene rings is 1. The Hall–Kier alpha value is -1.07. The molecular formula is C12H17FN2OS. The first-order valence-electron chi connectivity index (χ1n) is 5.43. The molecule has 0 heterocycles. The van der Waals surface area contributed by atoms with E-state index in [9.17, 15) is 9.18 Å². The average molecular weight is 256 g/mol. The molecule has 1 rings (SSSR count). The van der Waals surface area contributed by atoms with Crippen molar-refractivity contribution in [3.8, 4) is 0 Å². The predicted octanol–water partition coefficient (Wildman–Crippen LogP) is 1.90. The van der Waals surface area contributed by atoms with Crippen LogP contribution in [0, 0.1) is 5.82 Å². The molecule has 0 unspecified atom stereocenters. The van der Waals surface area contributed by atoms with Crippen LogP contribution in [0.5, 0.6) is 0 Å². The van der Waals surface area contributed by atoms with E-state index in [2.05, 4.69) is 5.32 Å². The fourth-order valence-electron chi connectivity index (χ4n) is 1.36. The van der Waals surface area contributed by atoms with Gasteiger partial charge in [0.15, 0.2) is 0 Å². The van der Waals surface area contributed by atoms with Gasteiger partial charge in [0, 0.05) is 17.5 Å². The van der Waals surface area contributed by atoms with E-state index in [0.717, 1.165) is 10.5 Å². The zero-order valence-electron chi connectivity index (χ0n) is 10.00. The number of nitrogens with two attached hydrogens (primary N) is 1. The van der Waals surface area contributed by atoms with E-state index in [1.807, 2.05) is 13.8 Å². The van der Waals surface area contributed by atoms with Crippen LogP contribution in [0.3, 0.4) is 0 Å². The van der Waals surface area contributed by atoms with Crippen molar-refractivity contribution in [3.63, 3.8) is 0 Å². The van der Waals surface area contributed by atoms with Crippen molar-refractivity contribution in [2.75, 3.05) is 5.75 Å². The third-order valence-electron chi connectivity index (χ3n) is 2.05. The molecule has 0 aliphatic carbocycles. The zero-order chi connectivity index (χ0) is 12.8. The highest BCUT2D eigenvalue weighted by Gasteiger charge is 2.07. The van der Waals surface area contributed by atoms with Gasteiger partial charge in [-0.2, -0.15) is 0 Å². The Morgan fingerprint density at radius 2 is 2.24 bits per heavy atom. The molecule has 94 valence electrons. The molecule has 1 aromatic carbocycles. The number of rotatable bonds is 5. The maximum atomic E-state index is 13.0. The Labute approximate surface area is 105 Å². The molecule has 5 heteroatoms. The van der Waals surface area contributed by atoms with E-state index in [0.29, 0.717) is 5.75 Å². The zero-order valence-corrected chi connectivity index (χ0v) is 10.8. The number of halogens is 1. The molecule has 1 amide bonds. The van der Waals surface area contributed by atoms with E-state index in [1.54, 1.807) is 6.07 Å². The highest BCUT2D eigenvalue weighted by Crippen LogP contribution is 2.23. The number of amides is 1. The van der Waals surface area contributed by atoms with E-state index < -0.39 is 0 Å². The maximum Gasteiger partial charge on any atom is 0.230 e. The molecule has 17 heavy (non-hydrogen) atoms. The van der Waals surface area contributed by atoms with Gasteiger partial charge in [-0.3, -0.25) is 4.79 Å². The molecule has 0 aliphatic heterocycles. The van der Waals surface area contributed by atoms with Gasteiger partial charge in [-0.1, -0.05) is 0 Å². The van der Waals surface area contributed by atoms with Gasteiger partial charge < -0.3 is 11.1 Å². The van der Waals surface area contributed by atoms with Gasteiger partial charge in [0.1, 0.15) is 5.82 Å². The highest BCUT2D eigenvalue weighted by molar-refractivity contribution is 8.00. The van der Waals surface area contributed by atoms with E-state index in [1.165, 1.54) is 23.9 Å². The largest absolute Gasteiger partial charge is 0.353 e. The number of carbonyl (C=O) groups excluding carboxylic acids is 1. The van der Waals surface area contributed by atoms with Crippen molar-refractivity contribution >= 4 is 17.7 Å². The van der Waals surface area contributed by atoms with Gasteiger partial charge in [-0.25, -0.2) is 4.39 Å². The lowest BCUT2D eigenvalue weighted by Gasteiger charge is -2.10. The molecule has 0 bridgehead atoms. The van der Waals surface area contributed by atoms with Crippen molar-refractivity contribution in [2.45, 2.75) is 31.3 Å². The molecule has 0 radical (unpaired) electrons. The van der Waals surface area contributed by atoms with Crippen molar-refractivity contribution < 1.29 is 9.18 Å². The number of hydrogen-bond donors (Lipinski definition) is 2. The minimum atomic E-state index is -0.304. The summed E-state index contributed by atoms with van der Waals surface area (Å²) in [5, 5.41) is 2.80. The van der Waals surface area contributed by atoms with Crippen LogP contribution in [0.15, 0.2) is 23.1 Å². The van der Waals surface area contributed by atoms with Crippen molar-refractivity contribution in [2.24, 2.45) is 5.73 Å². The third-order valence-corrected chi connectivity index (χ3v) is 3.17.